The molecular formula is C15H9BrN6O2. The van der Waals surface area contributed by atoms with Gasteiger partial charge in [0.05, 0.1) is 10.6 Å². The Hall–Kier alpha value is -2.94. The summed E-state index contributed by atoms with van der Waals surface area (Å²) < 4.78 is 0.702. The first-order chi connectivity index (χ1) is 11.5. The minimum absolute atomic E-state index is 0.0765. The molecule has 1 aliphatic rings. The molecule has 8 nitrogen and oxygen atoms in total. The van der Waals surface area contributed by atoms with Crippen LogP contribution in [0, 0.1) is 6.92 Å². The highest BCUT2D eigenvalue weighted by atomic mass is 79.9. The summed E-state index contributed by atoms with van der Waals surface area (Å²) in [6, 6.07) is 5.28. The number of aromatic amines is 1. The summed E-state index contributed by atoms with van der Waals surface area (Å²) in [6.07, 6.45) is 1.55. The van der Waals surface area contributed by atoms with E-state index in [0.29, 0.717) is 26.2 Å². The molecular weight excluding hydrogens is 376 g/mol. The summed E-state index contributed by atoms with van der Waals surface area (Å²) in [5.74, 6) is -0.685. The number of halogens is 1. The summed E-state index contributed by atoms with van der Waals surface area (Å²) in [6.45, 7) is 1.84. The van der Waals surface area contributed by atoms with E-state index < -0.39 is 5.91 Å². The molecule has 0 saturated carbocycles. The van der Waals surface area contributed by atoms with E-state index in [4.69, 9.17) is 0 Å². The highest BCUT2D eigenvalue weighted by Crippen LogP contribution is 2.35. The fourth-order valence-electron chi connectivity index (χ4n) is 2.40. The van der Waals surface area contributed by atoms with Gasteiger partial charge < -0.3 is 10.1 Å². The van der Waals surface area contributed by atoms with Crippen molar-refractivity contribution in [2.75, 3.05) is 0 Å². The number of amides is 1. The van der Waals surface area contributed by atoms with Gasteiger partial charge in [0, 0.05) is 16.4 Å². The first-order valence-corrected chi connectivity index (χ1v) is 7.71. The Morgan fingerprint density at radius 1 is 1.29 bits per heavy atom. The molecule has 0 radical (unpaired) electrons. The Morgan fingerprint density at radius 2 is 2.12 bits per heavy atom. The van der Waals surface area contributed by atoms with Gasteiger partial charge in [0.1, 0.15) is 5.65 Å². The van der Waals surface area contributed by atoms with Crippen LogP contribution in [0.15, 0.2) is 44.1 Å². The number of aryl methyl sites for hydroxylation is 1. The molecule has 0 aliphatic carbocycles. The molecule has 9 heteroatoms. The molecule has 4 heterocycles. The monoisotopic (exact) mass is 384 g/mol. The first kappa shape index (κ1) is 14.6. The molecule has 4 rings (SSSR count). The van der Waals surface area contributed by atoms with Crippen molar-refractivity contribution in [1.82, 2.24) is 15.0 Å². The number of fused-ring (bicyclic) bond motifs is 2. The minimum atomic E-state index is -0.521. The predicted octanol–water partition coefficient (Wildman–Crippen LogP) is 1.79. The topological polar surface area (TPSA) is 116 Å². The number of azo groups is 1. The molecule has 0 unspecified atom stereocenters. The van der Waals surface area contributed by atoms with Crippen molar-refractivity contribution >= 4 is 44.3 Å². The molecule has 3 aromatic heterocycles. The Bertz CT molecular complexity index is 1160. The molecule has 3 aromatic rings. The molecule has 1 aliphatic heterocycles. The van der Waals surface area contributed by atoms with Crippen LogP contribution in [-0.2, 0) is 4.79 Å². The number of rotatable bonds is 2. The quantitative estimate of drug-likeness (QED) is 0.654. The van der Waals surface area contributed by atoms with Gasteiger partial charge >= 0.3 is 0 Å². The number of aromatic nitrogens is 3. The molecule has 0 spiro atoms. The van der Waals surface area contributed by atoms with Crippen LogP contribution in [0.3, 0.4) is 0 Å². The molecule has 118 valence electrons. The number of nitrogens with one attached hydrogen (secondary N) is 1. The van der Waals surface area contributed by atoms with Crippen molar-refractivity contribution in [3.63, 3.8) is 0 Å². The highest BCUT2D eigenvalue weighted by Gasteiger charge is 2.18. The van der Waals surface area contributed by atoms with Crippen LogP contribution < -0.4 is 10.7 Å². The van der Waals surface area contributed by atoms with Gasteiger partial charge in [-0.15, -0.1) is 10.2 Å². The Kier molecular flexibility index (Phi) is 3.24. The van der Waals surface area contributed by atoms with E-state index in [1.54, 1.807) is 24.4 Å². The Balaban J connectivity index is 1.87. The molecule has 2 N–H and O–H groups in total. The zero-order chi connectivity index (χ0) is 16.8. The average Bonchev–Trinajstić information content (AvgIpc) is 3.00. The number of carbonyl (C=O) groups excluding carboxylic acids is 1. The third-order valence-electron chi connectivity index (χ3n) is 3.50. The number of hydrogen-bond acceptors (Lipinski definition) is 6. The van der Waals surface area contributed by atoms with Crippen molar-refractivity contribution < 1.29 is 9.90 Å². The SMILES string of the molecule is Cc1ccc2c(N=NC3=c4cc(Br)cnc4=NC3=O)c(O)[nH]c2n1. The van der Waals surface area contributed by atoms with Gasteiger partial charge in [-0.1, -0.05) is 0 Å². The number of aromatic hydroxyl groups is 1. The average molecular weight is 385 g/mol. The van der Waals surface area contributed by atoms with Crippen LogP contribution in [-0.4, -0.2) is 26.0 Å². The lowest BCUT2D eigenvalue weighted by atomic mass is 10.3. The van der Waals surface area contributed by atoms with E-state index in [2.05, 4.69) is 46.1 Å². The van der Waals surface area contributed by atoms with Gasteiger partial charge in [0.25, 0.3) is 5.91 Å². The van der Waals surface area contributed by atoms with Crippen molar-refractivity contribution in [2.45, 2.75) is 6.92 Å². The second-order valence-electron chi connectivity index (χ2n) is 5.16. The lowest BCUT2D eigenvalue weighted by Crippen LogP contribution is -2.25. The molecule has 0 atom stereocenters. The molecule has 0 saturated heterocycles. The smallest absolute Gasteiger partial charge is 0.300 e. The minimum Gasteiger partial charge on any atom is -0.493 e. The van der Waals surface area contributed by atoms with E-state index in [-0.39, 0.29) is 17.3 Å². The van der Waals surface area contributed by atoms with Crippen molar-refractivity contribution in [3.8, 4) is 5.88 Å². The summed E-state index contributed by atoms with van der Waals surface area (Å²) in [7, 11) is 0. The summed E-state index contributed by atoms with van der Waals surface area (Å²) in [4.78, 5) is 26.9. The van der Waals surface area contributed by atoms with Gasteiger partial charge in [0.15, 0.2) is 16.9 Å². The van der Waals surface area contributed by atoms with Crippen LogP contribution >= 0.6 is 15.9 Å². The van der Waals surface area contributed by atoms with Crippen molar-refractivity contribution in [1.29, 1.82) is 0 Å². The zero-order valence-corrected chi connectivity index (χ0v) is 13.9. The van der Waals surface area contributed by atoms with Crippen molar-refractivity contribution in [2.24, 2.45) is 15.2 Å². The first-order valence-electron chi connectivity index (χ1n) is 6.92. The maximum Gasteiger partial charge on any atom is 0.300 e. The molecule has 0 bridgehead atoms. The van der Waals surface area contributed by atoms with Crippen LogP contribution in [0.4, 0.5) is 5.69 Å². The van der Waals surface area contributed by atoms with E-state index in [1.807, 2.05) is 6.92 Å². The van der Waals surface area contributed by atoms with Crippen LogP contribution in [0.25, 0.3) is 16.7 Å². The number of pyridine rings is 2. The van der Waals surface area contributed by atoms with Gasteiger partial charge in [-0.25, -0.2) is 9.97 Å². The third-order valence-corrected chi connectivity index (χ3v) is 3.93. The second kappa shape index (κ2) is 5.31. The molecule has 24 heavy (non-hydrogen) atoms. The predicted molar refractivity (Wildman–Crippen MR) is 88.1 cm³/mol. The normalized spacial score (nSPS) is 13.8. The van der Waals surface area contributed by atoms with Crippen LogP contribution in [0.2, 0.25) is 0 Å². The Morgan fingerprint density at radius 3 is 2.96 bits per heavy atom. The summed E-state index contributed by atoms with van der Waals surface area (Å²) >= 11 is 3.30. The Labute approximate surface area is 142 Å². The lowest BCUT2D eigenvalue weighted by molar-refractivity contribution is -0.112. The van der Waals surface area contributed by atoms with Crippen LogP contribution in [0.1, 0.15) is 5.69 Å². The fourth-order valence-corrected chi connectivity index (χ4v) is 2.73. The summed E-state index contributed by atoms with van der Waals surface area (Å²) in [5.41, 5.74) is 1.90. The molecule has 0 aromatic carbocycles. The maximum absolute atomic E-state index is 12.0. The zero-order valence-electron chi connectivity index (χ0n) is 12.3. The second-order valence-corrected chi connectivity index (χ2v) is 6.08. The van der Waals surface area contributed by atoms with Crippen LogP contribution in [0.5, 0.6) is 5.88 Å². The van der Waals surface area contributed by atoms with Crippen molar-refractivity contribution in [3.05, 3.63) is 45.3 Å². The lowest BCUT2D eigenvalue weighted by Gasteiger charge is -1.93. The molecule has 1 amide bonds. The summed E-state index contributed by atoms with van der Waals surface area (Å²) in [5, 5.41) is 19.1. The number of H-pyrrole nitrogens is 1. The van der Waals surface area contributed by atoms with Gasteiger partial charge in [-0.2, -0.15) is 4.99 Å². The highest BCUT2D eigenvalue weighted by molar-refractivity contribution is 9.10. The van der Waals surface area contributed by atoms with Gasteiger partial charge in [0.2, 0.25) is 5.88 Å². The van der Waals surface area contributed by atoms with Gasteiger partial charge in [-0.3, -0.25) is 4.79 Å². The maximum atomic E-state index is 12.0. The fraction of sp³-hybridized carbons (Fsp3) is 0.0667. The number of hydrogen-bond donors (Lipinski definition) is 2. The molecule has 0 fully saturated rings. The van der Waals surface area contributed by atoms with E-state index in [0.717, 1.165) is 5.69 Å². The number of carbonyl (C=O) groups is 1. The largest absolute Gasteiger partial charge is 0.493 e. The van der Waals surface area contributed by atoms with E-state index in [9.17, 15) is 9.90 Å². The third kappa shape index (κ3) is 2.29. The van der Waals surface area contributed by atoms with Gasteiger partial charge in [-0.05, 0) is 41.1 Å². The standard InChI is InChI=1S/C15H9BrN6O2/c1-6-2-3-8-10(14(23)20-13(8)18-6)21-22-11-9-4-7(16)5-17-12(9)19-15(11)24/h2-5,23H,1H3,(H,18,20). The number of nitrogens with zero attached hydrogens (tertiary/aromatic N) is 5. The van der Waals surface area contributed by atoms with E-state index >= 15 is 0 Å². The van der Waals surface area contributed by atoms with E-state index in [1.165, 1.54) is 0 Å².